The highest BCUT2D eigenvalue weighted by Gasteiger charge is 2.28. The summed E-state index contributed by atoms with van der Waals surface area (Å²) >= 11 is 0. The molecular weight excluding hydrogens is 198 g/mol. The Kier molecular flexibility index (Phi) is 4.22. The second kappa shape index (κ2) is 5.48. The van der Waals surface area contributed by atoms with Crippen molar-refractivity contribution in [3.63, 3.8) is 0 Å². The van der Waals surface area contributed by atoms with Crippen LogP contribution in [0.25, 0.3) is 0 Å². The molecule has 2 fully saturated rings. The molecule has 0 radical (unpaired) electrons. The number of piperidine rings is 2. The van der Waals surface area contributed by atoms with Gasteiger partial charge in [0, 0.05) is 24.7 Å². The van der Waals surface area contributed by atoms with Gasteiger partial charge in [-0.2, -0.15) is 0 Å². The van der Waals surface area contributed by atoms with E-state index in [1.165, 1.54) is 45.3 Å². The predicted molar refractivity (Wildman–Crippen MR) is 68.5 cm³/mol. The predicted octanol–water partition coefficient (Wildman–Crippen LogP) is 1.28. The van der Waals surface area contributed by atoms with E-state index in [4.69, 9.17) is 5.73 Å². The molecule has 1 unspecified atom stereocenters. The van der Waals surface area contributed by atoms with Crippen molar-refractivity contribution in [3.8, 4) is 0 Å². The molecule has 0 aromatic carbocycles. The molecule has 2 aliphatic heterocycles. The average Bonchev–Trinajstić information content (AvgIpc) is 2.29. The summed E-state index contributed by atoms with van der Waals surface area (Å²) in [4.78, 5) is 5.24. The van der Waals surface area contributed by atoms with Crippen LogP contribution in [0.15, 0.2) is 0 Å². The van der Waals surface area contributed by atoms with Gasteiger partial charge < -0.3 is 10.6 Å². The van der Waals surface area contributed by atoms with Crippen LogP contribution in [0.1, 0.15) is 39.5 Å². The van der Waals surface area contributed by atoms with E-state index in [-0.39, 0.29) is 0 Å². The lowest BCUT2D eigenvalue weighted by Crippen LogP contribution is -2.52. The van der Waals surface area contributed by atoms with Crippen molar-refractivity contribution in [2.24, 2.45) is 5.73 Å². The third-order valence-corrected chi connectivity index (χ3v) is 4.24. The minimum Gasteiger partial charge on any atom is -0.327 e. The Bertz CT molecular complexity index is 209. The number of rotatable bonds is 2. The molecule has 0 saturated carbocycles. The molecule has 3 nitrogen and oxygen atoms in total. The first kappa shape index (κ1) is 12.3. The van der Waals surface area contributed by atoms with Gasteiger partial charge >= 0.3 is 0 Å². The summed E-state index contributed by atoms with van der Waals surface area (Å²) < 4.78 is 0. The molecule has 0 spiro atoms. The lowest BCUT2D eigenvalue weighted by Gasteiger charge is -2.42. The van der Waals surface area contributed by atoms with E-state index in [2.05, 4.69) is 23.6 Å². The molecule has 0 amide bonds. The van der Waals surface area contributed by atoms with Gasteiger partial charge in [-0.3, -0.25) is 4.90 Å². The van der Waals surface area contributed by atoms with Gasteiger partial charge in [-0.1, -0.05) is 0 Å². The zero-order chi connectivity index (χ0) is 11.5. The monoisotopic (exact) mass is 225 g/mol. The fourth-order valence-electron chi connectivity index (χ4n) is 3.14. The molecule has 0 bridgehead atoms. The molecule has 2 aliphatic rings. The fraction of sp³-hybridized carbons (Fsp3) is 1.00. The number of nitrogens with zero attached hydrogens (tertiary/aromatic N) is 2. The lowest BCUT2D eigenvalue weighted by atomic mass is 9.98. The van der Waals surface area contributed by atoms with Crippen molar-refractivity contribution in [2.45, 2.75) is 57.7 Å². The summed E-state index contributed by atoms with van der Waals surface area (Å²) in [5.41, 5.74) is 6.06. The van der Waals surface area contributed by atoms with Gasteiger partial charge in [0.15, 0.2) is 0 Å². The highest BCUT2D eigenvalue weighted by Crippen LogP contribution is 2.21. The van der Waals surface area contributed by atoms with Crippen LogP contribution in [0, 0.1) is 0 Å². The molecule has 2 heterocycles. The molecule has 2 N–H and O–H groups in total. The van der Waals surface area contributed by atoms with Gasteiger partial charge in [0.2, 0.25) is 0 Å². The highest BCUT2D eigenvalue weighted by atomic mass is 15.2. The Morgan fingerprint density at radius 3 is 2.31 bits per heavy atom. The summed E-state index contributed by atoms with van der Waals surface area (Å²) in [5, 5.41) is 0. The van der Waals surface area contributed by atoms with Crippen molar-refractivity contribution in [3.05, 3.63) is 0 Å². The average molecular weight is 225 g/mol. The molecular formula is C13H27N3. The Labute approximate surface area is 100.0 Å². The Balaban J connectivity index is 1.79. The smallest absolute Gasteiger partial charge is 0.0168 e. The molecule has 16 heavy (non-hydrogen) atoms. The molecule has 0 aliphatic carbocycles. The zero-order valence-corrected chi connectivity index (χ0v) is 10.9. The maximum absolute atomic E-state index is 6.06. The van der Waals surface area contributed by atoms with Crippen LogP contribution < -0.4 is 5.73 Å². The second-order valence-corrected chi connectivity index (χ2v) is 5.76. The molecule has 2 saturated heterocycles. The fourth-order valence-corrected chi connectivity index (χ4v) is 3.14. The van der Waals surface area contributed by atoms with Crippen LogP contribution in [0.3, 0.4) is 0 Å². The first-order chi connectivity index (χ1) is 7.66. The molecule has 0 aromatic rings. The third kappa shape index (κ3) is 2.96. The Hall–Kier alpha value is -0.120. The largest absolute Gasteiger partial charge is 0.327 e. The quantitative estimate of drug-likeness (QED) is 0.768. The van der Waals surface area contributed by atoms with E-state index in [9.17, 15) is 0 Å². The van der Waals surface area contributed by atoms with Gasteiger partial charge in [-0.15, -0.1) is 0 Å². The van der Waals surface area contributed by atoms with E-state index in [0.717, 1.165) is 12.6 Å². The summed E-state index contributed by atoms with van der Waals surface area (Å²) in [6.45, 7) is 9.56. The van der Waals surface area contributed by atoms with Crippen LogP contribution in [0.5, 0.6) is 0 Å². The number of hydrogen-bond acceptors (Lipinski definition) is 3. The standard InChI is InChI=1S/C13H27N3/c1-11(2)15-8-5-13(6-9-15)16-7-3-4-12(14)10-16/h11-13H,3-10,14H2,1-2H3. The van der Waals surface area contributed by atoms with Gasteiger partial charge in [0.25, 0.3) is 0 Å². The van der Waals surface area contributed by atoms with E-state index >= 15 is 0 Å². The topological polar surface area (TPSA) is 32.5 Å². The highest BCUT2D eigenvalue weighted by molar-refractivity contribution is 4.85. The summed E-state index contributed by atoms with van der Waals surface area (Å²) in [7, 11) is 0. The third-order valence-electron chi connectivity index (χ3n) is 4.24. The molecule has 0 aromatic heterocycles. The van der Waals surface area contributed by atoms with Crippen LogP contribution in [0.2, 0.25) is 0 Å². The van der Waals surface area contributed by atoms with Crippen molar-refractivity contribution in [2.75, 3.05) is 26.2 Å². The minimum atomic E-state index is 0.428. The zero-order valence-electron chi connectivity index (χ0n) is 10.9. The molecule has 3 heteroatoms. The van der Waals surface area contributed by atoms with Crippen molar-refractivity contribution >= 4 is 0 Å². The van der Waals surface area contributed by atoms with Crippen LogP contribution in [-0.4, -0.2) is 54.1 Å². The number of nitrogens with two attached hydrogens (primary N) is 1. The van der Waals surface area contributed by atoms with E-state index in [1.807, 2.05) is 0 Å². The minimum absolute atomic E-state index is 0.428. The first-order valence-corrected chi connectivity index (χ1v) is 6.90. The van der Waals surface area contributed by atoms with Crippen LogP contribution in [0.4, 0.5) is 0 Å². The lowest BCUT2D eigenvalue weighted by molar-refractivity contribution is 0.0740. The first-order valence-electron chi connectivity index (χ1n) is 6.90. The molecule has 94 valence electrons. The van der Waals surface area contributed by atoms with Crippen molar-refractivity contribution < 1.29 is 0 Å². The molecule has 1 atom stereocenters. The van der Waals surface area contributed by atoms with Gasteiger partial charge in [0.05, 0.1) is 0 Å². The van der Waals surface area contributed by atoms with E-state index < -0.39 is 0 Å². The van der Waals surface area contributed by atoms with Gasteiger partial charge in [-0.05, 0) is 59.2 Å². The van der Waals surface area contributed by atoms with Gasteiger partial charge in [-0.25, -0.2) is 0 Å². The van der Waals surface area contributed by atoms with E-state index in [1.54, 1.807) is 0 Å². The second-order valence-electron chi connectivity index (χ2n) is 5.76. The van der Waals surface area contributed by atoms with Crippen molar-refractivity contribution in [1.29, 1.82) is 0 Å². The number of likely N-dealkylation sites (tertiary alicyclic amines) is 2. The maximum Gasteiger partial charge on any atom is 0.0168 e. The Morgan fingerprint density at radius 2 is 1.75 bits per heavy atom. The van der Waals surface area contributed by atoms with Crippen LogP contribution >= 0.6 is 0 Å². The summed E-state index contributed by atoms with van der Waals surface area (Å²) in [6, 6.07) is 1.95. The maximum atomic E-state index is 6.06. The Morgan fingerprint density at radius 1 is 1.06 bits per heavy atom. The van der Waals surface area contributed by atoms with Gasteiger partial charge in [0.1, 0.15) is 0 Å². The summed E-state index contributed by atoms with van der Waals surface area (Å²) in [5.74, 6) is 0. The normalized spacial score (nSPS) is 31.1. The van der Waals surface area contributed by atoms with Crippen LogP contribution in [-0.2, 0) is 0 Å². The van der Waals surface area contributed by atoms with Crippen molar-refractivity contribution in [1.82, 2.24) is 9.80 Å². The SMILES string of the molecule is CC(C)N1CCC(N2CCCC(N)C2)CC1. The summed E-state index contributed by atoms with van der Waals surface area (Å²) in [6.07, 6.45) is 5.20. The molecule has 2 rings (SSSR count). The number of hydrogen-bond donors (Lipinski definition) is 1. The van der Waals surface area contributed by atoms with E-state index in [0.29, 0.717) is 12.1 Å².